The van der Waals surface area contributed by atoms with Crippen LogP contribution in [0.15, 0.2) is 73.6 Å². The van der Waals surface area contributed by atoms with Crippen molar-refractivity contribution in [3.05, 3.63) is 73.6 Å². The third kappa shape index (κ3) is 2.60. The van der Waals surface area contributed by atoms with E-state index in [1.807, 2.05) is 36.4 Å². The lowest BCUT2D eigenvalue weighted by atomic mass is 10.1. The zero-order valence-electron chi connectivity index (χ0n) is 12.2. The van der Waals surface area contributed by atoms with Crippen LogP contribution in [-0.4, -0.2) is 24.9 Å². The van der Waals surface area contributed by atoms with Gasteiger partial charge in [0.25, 0.3) is 0 Å². The van der Waals surface area contributed by atoms with Gasteiger partial charge in [0.05, 0.1) is 11.4 Å². The molecule has 0 radical (unpaired) electrons. The minimum atomic E-state index is 0.811. The Labute approximate surface area is 133 Å². The Bertz CT molecular complexity index is 845. The van der Waals surface area contributed by atoms with Gasteiger partial charge < -0.3 is 4.98 Å². The van der Waals surface area contributed by atoms with Crippen molar-refractivity contribution in [1.29, 1.82) is 0 Å². The highest BCUT2D eigenvalue weighted by atomic mass is 14.9. The SMILES string of the molecule is c1cc(-c2nc(-c3ccncc3)c(-c3ccncc3)[nH]2)ccn1. The van der Waals surface area contributed by atoms with E-state index < -0.39 is 0 Å². The molecule has 4 rings (SSSR count). The van der Waals surface area contributed by atoms with Crippen molar-refractivity contribution in [1.82, 2.24) is 24.9 Å². The van der Waals surface area contributed by atoms with E-state index in [4.69, 9.17) is 4.98 Å². The Morgan fingerprint density at radius 3 is 1.61 bits per heavy atom. The van der Waals surface area contributed by atoms with Gasteiger partial charge in [-0.15, -0.1) is 0 Å². The Morgan fingerprint density at radius 1 is 0.565 bits per heavy atom. The zero-order valence-corrected chi connectivity index (χ0v) is 12.2. The molecule has 0 spiro atoms. The summed E-state index contributed by atoms with van der Waals surface area (Å²) >= 11 is 0. The molecule has 0 saturated carbocycles. The number of H-pyrrole nitrogens is 1. The van der Waals surface area contributed by atoms with Gasteiger partial charge in [-0.25, -0.2) is 4.98 Å². The quantitative estimate of drug-likeness (QED) is 0.627. The van der Waals surface area contributed by atoms with Gasteiger partial charge in [0.15, 0.2) is 0 Å². The van der Waals surface area contributed by atoms with Gasteiger partial charge in [0.1, 0.15) is 5.82 Å². The largest absolute Gasteiger partial charge is 0.337 e. The molecule has 5 nitrogen and oxygen atoms in total. The maximum Gasteiger partial charge on any atom is 0.138 e. The molecule has 0 amide bonds. The number of hydrogen-bond acceptors (Lipinski definition) is 4. The van der Waals surface area contributed by atoms with E-state index in [2.05, 4.69) is 19.9 Å². The number of imidazole rings is 1. The molecule has 0 aliphatic heterocycles. The third-order valence-electron chi connectivity index (χ3n) is 3.58. The van der Waals surface area contributed by atoms with E-state index in [-0.39, 0.29) is 0 Å². The normalized spacial score (nSPS) is 10.6. The number of hydrogen-bond donors (Lipinski definition) is 1. The summed E-state index contributed by atoms with van der Waals surface area (Å²) in [6, 6.07) is 11.7. The number of nitrogens with one attached hydrogen (secondary N) is 1. The van der Waals surface area contributed by atoms with Crippen molar-refractivity contribution in [3.63, 3.8) is 0 Å². The molecule has 0 atom stereocenters. The van der Waals surface area contributed by atoms with Crippen molar-refractivity contribution >= 4 is 0 Å². The van der Waals surface area contributed by atoms with Crippen molar-refractivity contribution in [3.8, 4) is 33.9 Å². The highest BCUT2D eigenvalue weighted by Gasteiger charge is 2.14. The van der Waals surface area contributed by atoms with Crippen molar-refractivity contribution in [2.24, 2.45) is 0 Å². The standard InChI is InChI=1S/C18H13N5/c1-7-19-8-2-13(1)16-17(14-3-9-20-10-4-14)23-18(22-16)15-5-11-21-12-6-15/h1-12H,(H,22,23). The first-order chi connectivity index (χ1) is 11.4. The minimum Gasteiger partial charge on any atom is -0.337 e. The van der Waals surface area contributed by atoms with E-state index in [1.165, 1.54) is 0 Å². The Morgan fingerprint density at radius 2 is 1.04 bits per heavy atom. The van der Waals surface area contributed by atoms with Crippen LogP contribution in [0.1, 0.15) is 0 Å². The second-order valence-electron chi connectivity index (χ2n) is 5.02. The van der Waals surface area contributed by atoms with Crippen molar-refractivity contribution in [2.45, 2.75) is 0 Å². The highest BCUT2D eigenvalue weighted by molar-refractivity contribution is 5.80. The van der Waals surface area contributed by atoms with Crippen LogP contribution >= 0.6 is 0 Å². The summed E-state index contributed by atoms with van der Waals surface area (Å²) in [7, 11) is 0. The second kappa shape index (κ2) is 5.81. The summed E-state index contributed by atoms with van der Waals surface area (Å²) < 4.78 is 0. The lowest BCUT2D eigenvalue weighted by Crippen LogP contribution is -1.84. The fourth-order valence-electron chi connectivity index (χ4n) is 2.47. The van der Waals surface area contributed by atoms with Gasteiger partial charge in [0.2, 0.25) is 0 Å². The average Bonchev–Trinajstić information content (AvgIpc) is 3.09. The van der Waals surface area contributed by atoms with Gasteiger partial charge in [-0.1, -0.05) is 0 Å². The zero-order chi connectivity index (χ0) is 15.5. The predicted molar refractivity (Wildman–Crippen MR) is 88.3 cm³/mol. The smallest absolute Gasteiger partial charge is 0.138 e. The van der Waals surface area contributed by atoms with Crippen LogP contribution in [-0.2, 0) is 0 Å². The lowest BCUT2D eigenvalue weighted by molar-refractivity contribution is 1.27. The summed E-state index contributed by atoms with van der Waals surface area (Å²) in [6.07, 6.45) is 10.6. The molecular formula is C18H13N5. The van der Waals surface area contributed by atoms with E-state index in [0.717, 1.165) is 33.9 Å². The first-order valence-electron chi connectivity index (χ1n) is 7.23. The second-order valence-corrected chi connectivity index (χ2v) is 5.02. The van der Waals surface area contributed by atoms with Crippen LogP contribution in [0.2, 0.25) is 0 Å². The highest BCUT2D eigenvalue weighted by Crippen LogP contribution is 2.32. The van der Waals surface area contributed by atoms with Crippen LogP contribution in [0, 0.1) is 0 Å². The molecule has 110 valence electrons. The lowest BCUT2D eigenvalue weighted by Gasteiger charge is -2.02. The van der Waals surface area contributed by atoms with Gasteiger partial charge >= 0.3 is 0 Å². The third-order valence-corrected chi connectivity index (χ3v) is 3.58. The first-order valence-corrected chi connectivity index (χ1v) is 7.23. The fraction of sp³-hybridized carbons (Fsp3) is 0. The maximum atomic E-state index is 4.80. The maximum absolute atomic E-state index is 4.80. The molecule has 0 fully saturated rings. The molecule has 0 saturated heterocycles. The number of pyridine rings is 3. The molecule has 0 aromatic carbocycles. The van der Waals surface area contributed by atoms with E-state index >= 15 is 0 Å². The molecule has 4 heterocycles. The van der Waals surface area contributed by atoms with Gasteiger partial charge in [0, 0.05) is 53.9 Å². The van der Waals surface area contributed by atoms with Crippen LogP contribution in [0.25, 0.3) is 33.9 Å². The first kappa shape index (κ1) is 13.3. The van der Waals surface area contributed by atoms with Gasteiger partial charge in [-0.3, -0.25) is 15.0 Å². The summed E-state index contributed by atoms with van der Waals surface area (Å²) in [5, 5.41) is 0. The molecule has 5 heteroatoms. The van der Waals surface area contributed by atoms with Gasteiger partial charge in [-0.2, -0.15) is 0 Å². The molecule has 0 aliphatic carbocycles. The number of aromatic nitrogens is 5. The van der Waals surface area contributed by atoms with Gasteiger partial charge in [-0.05, 0) is 36.4 Å². The van der Waals surface area contributed by atoms with E-state index in [0.29, 0.717) is 0 Å². The summed E-state index contributed by atoms with van der Waals surface area (Å²) in [5.74, 6) is 0.811. The van der Waals surface area contributed by atoms with Crippen LogP contribution < -0.4 is 0 Å². The Balaban J connectivity index is 1.91. The number of rotatable bonds is 3. The molecule has 23 heavy (non-hydrogen) atoms. The summed E-state index contributed by atoms with van der Waals surface area (Å²) in [5.41, 5.74) is 4.91. The van der Waals surface area contributed by atoms with E-state index in [9.17, 15) is 0 Å². The minimum absolute atomic E-state index is 0.811. The van der Waals surface area contributed by atoms with Crippen LogP contribution in [0.5, 0.6) is 0 Å². The molecular weight excluding hydrogens is 286 g/mol. The van der Waals surface area contributed by atoms with Crippen LogP contribution in [0.3, 0.4) is 0 Å². The summed E-state index contributed by atoms with van der Waals surface area (Å²) in [4.78, 5) is 20.4. The Hall–Kier alpha value is -3.34. The predicted octanol–water partition coefficient (Wildman–Crippen LogP) is 3.60. The van der Waals surface area contributed by atoms with Crippen molar-refractivity contribution in [2.75, 3.05) is 0 Å². The van der Waals surface area contributed by atoms with Crippen molar-refractivity contribution < 1.29 is 0 Å². The molecule has 0 unspecified atom stereocenters. The molecule has 0 aliphatic rings. The summed E-state index contributed by atoms with van der Waals surface area (Å²) in [6.45, 7) is 0. The molecule has 4 aromatic rings. The average molecular weight is 299 g/mol. The van der Waals surface area contributed by atoms with Crippen LogP contribution in [0.4, 0.5) is 0 Å². The number of aromatic amines is 1. The van der Waals surface area contributed by atoms with E-state index in [1.54, 1.807) is 37.2 Å². The topological polar surface area (TPSA) is 67.3 Å². The number of nitrogens with zero attached hydrogens (tertiary/aromatic N) is 4. The molecule has 1 N–H and O–H groups in total. The Kier molecular flexibility index (Phi) is 3.37. The fourth-order valence-corrected chi connectivity index (χ4v) is 2.47. The molecule has 4 aromatic heterocycles. The molecule has 0 bridgehead atoms. The monoisotopic (exact) mass is 299 g/mol.